The minimum atomic E-state index is 0.200. The number of rotatable bonds is 0. The number of fused-ring (bicyclic) bond motifs is 4. The van der Waals surface area contributed by atoms with Crippen LogP contribution in [0.1, 0.15) is 12.1 Å². The molecule has 0 N–H and O–H groups in total. The predicted molar refractivity (Wildman–Crippen MR) is 66.0 cm³/mol. The van der Waals surface area contributed by atoms with Crippen molar-refractivity contribution in [1.29, 1.82) is 0 Å². The molecule has 3 aliphatic heterocycles. The standard InChI is InChI=1S/C12H11N3OS/c1-2-16-5-7-3-8-11-10(4-13-6-14-11)17-12(8)15-9(1)7/h3-4,6-7,12H,1-2,5H2. The van der Waals surface area contributed by atoms with Crippen molar-refractivity contribution in [2.75, 3.05) is 13.2 Å². The summed E-state index contributed by atoms with van der Waals surface area (Å²) in [6.45, 7) is 1.57. The average molecular weight is 245 g/mol. The molecule has 17 heavy (non-hydrogen) atoms. The summed E-state index contributed by atoms with van der Waals surface area (Å²) in [5.74, 6) is 0.358. The zero-order chi connectivity index (χ0) is 11.2. The fraction of sp³-hybridized carbons (Fsp3) is 0.417. The molecule has 0 aliphatic carbocycles. The van der Waals surface area contributed by atoms with E-state index < -0.39 is 0 Å². The van der Waals surface area contributed by atoms with Crippen LogP contribution in [-0.2, 0) is 4.74 Å². The second-order valence-corrected chi connectivity index (χ2v) is 5.50. The molecule has 4 nitrogen and oxygen atoms in total. The lowest BCUT2D eigenvalue weighted by atomic mass is 9.93. The summed E-state index contributed by atoms with van der Waals surface area (Å²) in [4.78, 5) is 14.4. The van der Waals surface area contributed by atoms with Crippen molar-refractivity contribution in [2.45, 2.75) is 16.7 Å². The average Bonchev–Trinajstić information content (AvgIpc) is 2.73. The maximum Gasteiger partial charge on any atom is 0.127 e. The Morgan fingerprint density at radius 2 is 2.41 bits per heavy atom. The molecule has 4 rings (SSSR count). The van der Waals surface area contributed by atoms with Crippen LogP contribution in [0.4, 0.5) is 0 Å². The van der Waals surface area contributed by atoms with Crippen LogP contribution in [0.25, 0.3) is 5.57 Å². The Balaban J connectivity index is 1.79. The van der Waals surface area contributed by atoms with Gasteiger partial charge in [-0.2, -0.15) is 0 Å². The summed E-state index contributed by atoms with van der Waals surface area (Å²) in [6, 6.07) is 0. The lowest BCUT2D eigenvalue weighted by molar-refractivity contribution is 0.116. The Kier molecular flexibility index (Phi) is 2.10. The van der Waals surface area contributed by atoms with Crippen molar-refractivity contribution >= 4 is 23.0 Å². The number of dihydropyridines is 1. The lowest BCUT2D eigenvalue weighted by Gasteiger charge is -2.27. The molecule has 0 saturated carbocycles. The molecule has 1 fully saturated rings. The van der Waals surface area contributed by atoms with Crippen molar-refractivity contribution in [3.05, 3.63) is 24.3 Å². The maximum absolute atomic E-state index is 5.51. The molecule has 0 amide bonds. The maximum atomic E-state index is 5.51. The Morgan fingerprint density at radius 3 is 3.41 bits per heavy atom. The quantitative estimate of drug-likeness (QED) is 0.699. The number of thioether (sulfide) groups is 1. The van der Waals surface area contributed by atoms with Gasteiger partial charge in [0.25, 0.3) is 0 Å². The first-order valence-corrected chi connectivity index (χ1v) is 6.63. The zero-order valence-corrected chi connectivity index (χ0v) is 9.98. The number of aromatic nitrogens is 2. The SMILES string of the molecule is C1=C2c3ncncc3SC2N=C2CCOCC12. The van der Waals surface area contributed by atoms with Gasteiger partial charge in [0.05, 0.1) is 23.8 Å². The van der Waals surface area contributed by atoms with Crippen LogP contribution in [0.5, 0.6) is 0 Å². The molecule has 4 heterocycles. The highest BCUT2D eigenvalue weighted by Crippen LogP contribution is 2.46. The molecule has 0 aromatic carbocycles. The van der Waals surface area contributed by atoms with E-state index in [-0.39, 0.29) is 5.37 Å². The van der Waals surface area contributed by atoms with Crippen LogP contribution in [0.15, 0.2) is 28.5 Å². The van der Waals surface area contributed by atoms with E-state index >= 15 is 0 Å². The van der Waals surface area contributed by atoms with Gasteiger partial charge in [-0.3, -0.25) is 4.99 Å². The predicted octanol–water partition coefficient (Wildman–Crippen LogP) is 1.78. The molecule has 1 aromatic rings. The van der Waals surface area contributed by atoms with Gasteiger partial charge in [-0.1, -0.05) is 17.8 Å². The molecule has 0 radical (unpaired) electrons. The second kappa shape index (κ2) is 3.65. The molecule has 86 valence electrons. The van der Waals surface area contributed by atoms with Crippen LogP contribution in [0.2, 0.25) is 0 Å². The summed E-state index contributed by atoms with van der Waals surface area (Å²) < 4.78 is 5.51. The fourth-order valence-corrected chi connectivity index (χ4v) is 3.67. The van der Waals surface area contributed by atoms with E-state index in [0.29, 0.717) is 5.92 Å². The van der Waals surface area contributed by atoms with E-state index in [1.54, 1.807) is 18.1 Å². The summed E-state index contributed by atoms with van der Waals surface area (Å²) in [6.07, 6.45) is 6.75. The molecule has 1 saturated heterocycles. The number of aliphatic imine (C=N–C) groups is 1. The van der Waals surface area contributed by atoms with E-state index in [1.165, 1.54) is 11.3 Å². The monoisotopic (exact) mass is 245 g/mol. The summed E-state index contributed by atoms with van der Waals surface area (Å²) in [5, 5.41) is 0.200. The van der Waals surface area contributed by atoms with Crippen LogP contribution >= 0.6 is 11.8 Å². The third-order valence-electron chi connectivity index (χ3n) is 3.35. The van der Waals surface area contributed by atoms with Crippen molar-refractivity contribution in [1.82, 2.24) is 9.97 Å². The van der Waals surface area contributed by atoms with Crippen LogP contribution in [0.3, 0.4) is 0 Å². The van der Waals surface area contributed by atoms with Crippen molar-refractivity contribution in [3.63, 3.8) is 0 Å². The molecular weight excluding hydrogens is 234 g/mol. The van der Waals surface area contributed by atoms with Gasteiger partial charge in [0.15, 0.2) is 0 Å². The van der Waals surface area contributed by atoms with E-state index in [2.05, 4.69) is 16.0 Å². The molecule has 3 aliphatic rings. The number of nitrogens with zero attached hydrogens (tertiary/aromatic N) is 3. The van der Waals surface area contributed by atoms with Crippen LogP contribution < -0.4 is 0 Å². The molecule has 5 heteroatoms. The number of ether oxygens (including phenoxy) is 1. The van der Waals surface area contributed by atoms with E-state index in [0.717, 1.165) is 30.2 Å². The first kappa shape index (κ1) is 9.79. The Labute approximate surface area is 103 Å². The normalized spacial score (nSPS) is 29.9. The van der Waals surface area contributed by atoms with Gasteiger partial charge in [-0.05, 0) is 0 Å². The van der Waals surface area contributed by atoms with Crippen molar-refractivity contribution in [2.24, 2.45) is 10.9 Å². The van der Waals surface area contributed by atoms with Crippen LogP contribution in [-0.4, -0.2) is 34.3 Å². The van der Waals surface area contributed by atoms with Gasteiger partial charge < -0.3 is 4.74 Å². The van der Waals surface area contributed by atoms with Crippen molar-refractivity contribution in [3.8, 4) is 0 Å². The van der Waals surface area contributed by atoms with Gasteiger partial charge in [0.2, 0.25) is 0 Å². The van der Waals surface area contributed by atoms with E-state index in [4.69, 9.17) is 9.73 Å². The third-order valence-corrected chi connectivity index (χ3v) is 4.48. The molecule has 1 aromatic heterocycles. The Hall–Kier alpha value is -1.20. The molecule has 2 atom stereocenters. The highest BCUT2D eigenvalue weighted by atomic mass is 32.2. The van der Waals surface area contributed by atoms with Gasteiger partial charge in [-0.25, -0.2) is 9.97 Å². The molecule has 2 unspecified atom stereocenters. The lowest BCUT2D eigenvalue weighted by Crippen LogP contribution is -2.30. The van der Waals surface area contributed by atoms with Gasteiger partial charge in [0, 0.05) is 29.8 Å². The highest BCUT2D eigenvalue weighted by molar-refractivity contribution is 8.00. The minimum absolute atomic E-state index is 0.200. The topological polar surface area (TPSA) is 47.4 Å². The van der Waals surface area contributed by atoms with Crippen molar-refractivity contribution < 1.29 is 4.74 Å². The van der Waals surface area contributed by atoms with E-state index in [1.807, 2.05) is 6.20 Å². The number of hydrogen-bond donors (Lipinski definition) is 0. The summed E-state index contributed by atoms with van der Waals surface area (Å²) in [7, 11) is 0. The largest absolute Gasteiger partial charge is 0.380 e. The minimum Gasteiger partial charge on any atom is -0.380 e. The first-order chi connectivity index (χ1) is 8.42. The Morgan fingerprint density at radius 1 is 1.41 bits per heavy atom. The summed E-state index contributed by atoms with van der Waals surface area (Å²) in [5.41, 5.74) is 3.59. The van der Waals surface area contributed by atoms with Crippen LogP contribution in [0, 0.1) is 5.92 Å². The molecular formula is C12H11N3OS. The van der Waals surface area contributed by atoms with E-state index in [9.17, 15) is 0 Å². The smallest absolute Gasteiger partial charge is 0.127 e. The molecule has 0 bridgehead atoms. The highest BCUT2D eigenvalue weighted by Gasteiger charge is 2.35. The second-order valence-electron chi connectivity index (χ2n) is 4.38. The Bertz CT molecular complexity index is 540. The number of hydrogen-bond acceptors (Lipinski definition) is 5. The molecule has 0 spiro atoms. The van der Waals surface area contributed by atoms with Gasteiger partial charge in [-0.15, -0.1) is 0 Å². The first-order valence-electron chi connectivity index (χ1n) is 5.75. The summed E-state index contributed by atoms with van der Waals surface area (Å²) >= 11 is 1.75. The zero-order valence-electron chi connectivity index (χ0n) is 9.17. The van der Waals surface area contributed by atoms with Gasteiger partial charge >= 0.3 is 0 Å². The van der Waals surface area contributed by atoms with Gasteiger partial charge in [0.1, 0.15) is 11.7 Å². The fourth-order valence-electron chi connectivity index (χ4n) is 2.52. The third kappa shape index (κ3) is 1.46.